The Balaban J connectivity index is 1.59. The largest absolute Gasteiger partial charge is 0.491 e. The highest BCUT2D eigenvalue weighted by atomic mass is 127. The number of halogens is 3. The Kier molecular flexibility index (Phi) is 10.3. The summed E-state index contributed by atoms with van der Waals surface area (Å²) < 4.78 is 21.3. The fourth-order valence-electron chi connectivity index (χ4n) is 4.89. The Morgan fingerprint density at radius 2 is 1.95 bits per heavy atom. The minimum atomic E-state index is -0.767. The van der Waals surface area contributed by atoms with Crippen molar-refractivity contribution in [1.29, 1.82) is 0 Å². The van der Waals surface area contributed by atoms with Crippen LogP contribution in [0.15, 0.2) is 86.2 Å². The zero-order valence-electron chi connectivity index (χ0n) is 24.4. The molecule has 11 heteroatoms. The van der Waals surface area contributed by atoms with Crippen LogP contribution in [0, 0.1) is 3.57 Å². The van der Waals surface area contributed by atoms with Crippen LogP contribution >= 0.6 is 61.5 Å². The predicted molar refractivity (Wildman–Crippen MR) is 185 cm³/mol. The van der Waals surface area contributed by atoms with Gasteiger partial charge in [0.25, 0.3) is 5.56 Å². The van der Waals surface area contributed by atoms with Crippen LogP contribution in [0.4, 0.5) is 0 Å². The number of nitrogens with zero attached hydrogens (tertiary/aromatic N) is 2. The molecule has 0 aliphatic carbocycles. The Hall–Kier alpha value is -2.93. The van der Waals surface area contributed by atoms with Crippen LogP contribution in [0.5, 0.6) is 11.5 Å². The maximum absolute atomic E-state index is 14.1. The van der Waals surface area contributed by atoms with E-state index in [0.29, 0.717) is 49.3 Å². The van der Waals surface area contributed by atoms with E-state index in [0.717, 1.165) is 19.2 Å². The first kappa shape index (κ1) is 32.5. The lowest BCUT2D eigenvalue weighted by atomic mass is 9.95. The molecule has 0 unspecified atom stereocenters. The highest BCUT2D eigenvalue weighted by molar-refractivity contribution is 14.1. The second-order valence-corrected chi connectivity index (χ2v) is 13.7. The molecule has 0 amide bonds. The van der Waals surface area contributed by atoms with Gasteiger partial charge in [0.1, 0.15) is 24.1 Å². The number of ether oxygens (including phenoxy) is 3. The zero-order valence-corrected chi connectivity index (χ0v) is 29.7. The van der Waals surface area contributed by atoms with Gasteiger partial charge in [-0.15, -0.1) is 0 Å². The minimum Gasteiger partial charge on any atom is -0.491 e. The van der Waals surface area contributed by atoms with Crippen LogP contribution in [0.2, 0.25) is 5.02 Å². The van der Waals surface area contributed by atoms with Crippen molar-refractivity contribution in [3.63, 3.8) is 0 Å². The summed E-state index contributed by atoms with van der Waals surface area (Å²) in [6.07, 6.45) is 1.72. The third kappa shape index (κ3) is 6.98. The van der Waals surface area contributed by atoms with E-state index in [9.17, 15) is 9.59 Å². The molecule has 0 bridgehead atoms. The van der Waals surface area contributed by atoms with Gasteiger partial charge in [-0.1, -0.05) is 53.3 Å². The zero-order chi connectivity index (χ0) is 31.5. The molecule has 7 nitrogen and oxygen atoms in total. The quantitative estimate of drug-likeness (QED) is 0.132. The predicted octanol–water partition coefficient (Wildman–Crippen LogP) is 7.19. The number of aromatic nitrogens is 1. The van der Waals surface area contributed by atoms with E-state index >= 15 is 0 Å². The van der Waals surface area contributed by atoms with E-state index < -0.39 is 12.0 Å². The number of esters is 1. The maximum atomic E-state index is 14.1. The molecule has 228 valence electrons. The van der Waals surface area contributed by atoms with Crippen LogP contribution in [-0.2, 0) is 16.1 Å². The lowest BCUT2D eigenvalue weighted by molar-refractivity contribution is -0.139. The van der Waals surface area contributed by atoms with E-state index in [-0.39, 0.29) is 18.3 Å². The Labute approximate surface area is 286 Å². The molecule has 3 aromatic carbocycles. The van der Waals surface area contributed by atoms with E-state index in [2.05, 4.69) is 43.5 Å². The third-order valence-corrected chi connectivity index (χ3v) is 9.29. The second-order valence-electron chi connectivity index (χ2n) is 10.2. The van der Waals surface area contributed by atoms with Gasteiger partial charge in [0.05, 0.1) is 36.6 Å². The fourth-order valence-corrected chi connectivity index (χ4v) is 7.92. The number of fused-ring (bicyclic) bond motifs is 1. The van der Waals surface area contributed by atoms with E-state index in [1.54, 1.807) is 18.4 Å². The minimum absolute atomic E-state index is 0.110. The van der Waals surface area contributed by atoms with Crippen molar-refractivity contribution in [3.8, 4) is 11.5 Å². The SMILES string of the molecule is CCOC(=O)C1=C(C)N=c2s/c(=C\c3cc(Br)c(OCc4cccc(Cl)c4)c(I)c3)c(=O)n2[C@H]1c1ccccc1OC(C)C. The smallest absolute Gasteiger partial charge is 0.338 e. The monoisotopic (exact) mass is 806 g/mol. The lowest BCUT2D eigenvalue weighted by Crippen LogP contribution is -2.40. The summed E-state index contributed by atoms with van der Waals surface area (Å²) in [5.41, 5.74) is 2.99. The summed E-state index contributed by atoms with van der Waals surface area (Å²) in [4.78, 5) is 32.6. The molecule has 0 saturated carbocycles. The van der Waals surface area contributed by atoms with Crippen LogP contribution in [0.1, 0.15) is 50.4 Å². The molecule has 1 aliphatic heterocycles. The van der Waals surface area contributed by atoms with Gasteiger partial charge in [-0.3, -0.25) is 9.36 Å². The van der Waals surface area contributed by atoms with Crippen LogP contribution in [-0.4, -0.2) is 23.2 Å². The first-order valence-corrected chi connectivity index (χ1v) is 17.0. The number of benzene rings is 3. The summed E-state index contributed by atoms with van der Waals surface area (Å²) >= 11 is 13.3. The molecule has 5 rings (SSSR count). The van der Waals surface area contributed by atoms with Gasteiger partial charge in [0.2, 0.25) is 0 Å². The van der Waals surface area contributed by atoms with Gasteiger partial charge < -0.3 is 14.2 Å². The average molecular weight is 808 g/mol. The first-order chi connectivity index (χ1) is 21.1. The van der Waals surface area contributed by atoms with Crippen molar-refractivity contribution >= 4 is 73.5 Å². The van der Waals surface area contributed by atoms with E-state index in [1.807, 2.05) is 80.6 Å². The number of carbonyl (C=O) groups excluding carboxylic acids is 1. The first-order valence-electron chi connectivity index (χ1n) is 13.9. The molecular formula is C33H29BrClIN2O5S. The highest BCUT2D eigenvalue weighted by Gasteiger charge is 2.35. The average Bonchev–Trinajstić information content (AvgIpc) is 3.26. The number of hydrogen-bond acceptors (Lipinski definition) is 7. The molecular weight excluding hydrogens is 779 g/mol. The summed E-state index contributed by atoms with van der Waals surface area (Å²) in [7, 11) is 0. The van der Waals surface area contributed by atoms with Gasteiger partial charge in [0, 0.05) is 10.6 Å². The van der Waals surface area contributed by atoms with Crippen molar-refractivity contribution in [2.75, 3.05) is 6.61 Å². The molecule has 0 N–H and O–H groups in total. The topological polar surface area (TPSA) is 79.1 Å². The number of allylic oxidation sites excluding steroid dienone is 1. The van der Waals surface area contributed by atoms with Gasteiger partial charge in [-0.2, -0.15) is 0 Å². The third-order valence-electron chi connectivity index (χ3n) is 6.68. The Morgan fingerprint density at radius 1 is 1.18 bits per heavy atom. The van der Waals surface area contributed by atoms with Crippen LogP contribution in [0.25, 0.3) is 6.08 Å². The molecule has 1 atom stereocenters. The Bertz CT molecular complexity index is 1930. The summed E-state index contributed by atoms with van der Waals surface area (Å²) in [6.45, 7) is 7.94. The molecule has 0 fully saturated rings. The van der Waals surface area contributed by atoms with Crippen molar-refractivity contribution < 1.29 is 19.0 Å². The standard InChI is InChI=1S/C33H29BrClIN2O5S/c1-5-41-32(40)28-19(4)37-33-38(29(28)23-11-6-7-12-26(23)43-18(2)3)31(39)27(44-33)16-21-14-24(34)30(25(36)15-21)42-17-20-9-8-10-22(35)13-20/h6-16,18,29H,5,17H2,1-4H3/b27-16-/t29-/m0/s1. The number of thiazole rings is 1. The van der Waals surface area contributed by atoms with Crippen LogP contribution < -0.4 is 24.4 Å². The summed E-state index contributed by atoms with van der Waals surface area (Å²) in [6, 6.07) is 18.1. The second kappa shape index (κ2) is 14.0. The summed E-state index contributed by atoms with van der Waals surface area (Å²) in [5.74, 6) is 0.769. The van der Waals surface area contributed by atoms with Crippen molar-refractivity contribution in [3.05, 3.63) is 121 Å². The number of rotatable bonds is 9. The van der Waals surface area contributed by atoms with Gasteiger partial charge >= 0.3 is 5.97 Å². The van der Waals surface area contributed by atoms with Crippen molar-refractivity contribution in [1.82, 2.24) is 4.57 Å². The van der Waals surface area contributed by atoms with E-state index in [1.165, 1.54) is 11.3 Å². The molecule has 1 aromatic heterocycles. The number of hydrogen-bond donors (Lipinski definition) is 0. The van der Waals surface area contributed by atoms with Gasteiger partial charge in [0.15, 0.2) is 4.80 Å². The van der Waals surface area contributed by atoms with Gasteiger partial charge in [-0.05, 0) is 114 Å². The lowest BCUT2D eigenvalue weighted by Gasteiger charge is -2.26. The van der Waals surface area contributed by atoms with Gasteiger partial charge in [-0.25, -0.2) is 9.79 Å². The molecule has 44 heavy (non-hydrogen) atoms. The van der Waals surface area contributed by atoms with E-state index in [4.69, 9.17) is 25.8 Å². The van der Waals surface area contributed by atoms with Crippen molar-refractivity contribution in [2.24, 2.45) is 4.99 Å². The maximum Gasteiger partial charge on any atom is 0.338 e. The molecule has 1 aliphatic rings. The summed E-state index contributed by atoms with van der Waals surface area (Å²) in [5, 5.41) is 0.652. The number of para-hydroxylation sites is 1. The normalized spacial score (nSPS) is 14.8. The highest BCUT2D eigenvalue weighted by Crippen LogP contribution is 2.36. The molecule has 0 radical (unpaired) electrons. The molecule has 0 saturated heterocycles. The Morgan fingerprint density at radius 3 is 2.66 bits per heavy atom. The molecule has 4 aromatic rings. The molecule has 0 spiro atoms. The number of carbonyl (C=O) groups is 1. The molecule has 2 heterocycles. The van der Waals surface area contributed by atoms with Crippen LogP contribution in [0.3, 0.4) is 0 Å². The fraction of sp³-hybridized carbons (Fsp3) is 0.242. The van der Waals surface area contributed by atoms with Crippen molar-refractivity contribution in [2.45, 2.75) is 46.4 Å².